The third kappa shape index (κ3) is 3.26. The molecule has 1 aromatic carbocycles. The standard InChI is InChI=1S/C17H22N2O2/c18-17(21)14-3-1-2-12(8-14)10-19-16(20)9-15-7-11-4-5-13(15)6-11/h1-3,8,11,13,15H,4-7,9-10H2,(H2,18,21)(H,19,20). The number of nitrogens with one attached hydrogen (secondary N) is 1. The molecule has 21 heavy (non-hydrogen) atoms. The van der Waals surface area contributed by atoms with Crippen LogP contribution < -0.4 is 11.1 Å². The van der Waals surface area contributed by atoms with Gasteiger partial charge in [-0.15, -0.1) is 0 Å². The van der Waals surface area contributed by atoms with E-state index in [0.29, 0.717) is 24.4 Å². The molecule has 2 saturated carbocycles. The summed E-state index contributed by atoms with van der Waals surface area (Å²) in [7, 11) is 0. The van der Waals surface area contributed by atoms with Crippen LogP contribution in [0.5, 0.6) is 0 Å². The lowest BCUT2D eigenvalue weighted by molar-refractivity contribution is -0.122. The Morgan fingerprint density at radius 2 is 2.10 bits per heavy atom. The molecule has 4 nitrogen and oxygen atoms in total. The lowest BCUT2D eigenvalue weighted by atomic mass is 9.86. The fourth-order valence-corrected chi connectivity index (χ4v) is 3.97. The minimum atomic E-state index is -0.440. The predicted molar refractivity (Wildman–Crippen MR) is 80.4 cm³/mol. The van der Waals surface area contributed by atoms with E-state index in [1.165, 1.54) is 25.7 Å². The fraction of sp³-hybridized carbons (Fsp3) is 0.529. The normalized spacial score (nSPS) is 26.8. The highest BCUT2D eigenvalue weighted by molar-refractivity contribution is 5.92. The van der Waals surface area contributed by atoms with E-state index in [0.717, 1.165) is 17.4 Å². The zero-order valence-electron chi connectivity index (χ0n) is 12.2. The van der Waals surface area contributed by atoms with Crippen molar-refractivity contribution in [1.82, 2.24) is 5.32 Å². The molecule has 3 unspecified atom stereocenters. The molecule has 1 aromatic rings. The van der Waals surface area contributed by atoms with Crippen molar-refractivity contribution in [2.45, 2.75) is 38.6 Å². The first-order chi connectivity index (χ1) is 10.1. The first-order valence-electron chi connectivity index (χ1n) is 7.77. The van der Waals surface area contributed by atoms with Gasteiger partial charge >= 0.3 is 0 Å². The van der Waals surface area contributed by atoms with Crippen molar-refractivity contribution in [3.8, 4) is 0 Å². The van der Waals surface area contributed by atoms with Gasteiger partial charge < -0.3 is 11.1 Å². The average molecular weight is 286 g/mol. The summed E-state index contributed by atoms with van der Waals surface area (Å²) in [6, 6.07) is 7.10. The maximum absolute atomic E-state index is 12.1. The molecule has 2 aliphatic carbocycles. The van der Waals surface area contributed by atoms with E-state index in [-0.39, 0.29) is 5.91 Å². The number of primary amides is 1. The molecule has 4 heteroatoms. The molecule has 3 atom stereocenters. The number of amides is 2. The summed E-state index contributed by atoms with van der Waals surface area (Å²) in [6.07, 6.45) is 5.89. The first kappa shape index (κ1) is 14.1. The smallest absolute Gasteiger partial charge is 0.248 e. The largest absolute Gasteiger partial charge is 0.366 e. The van der Waals surface area contributed by atoms with Crippen LogP contribution in [0.1, 0.15) is 48.0 Å². The molecule has 3 N–H and O–H groups in total. The highest BCUT2D eigenvalue weighted by Gasteiger charge is 2.39. The second-order valence-electron chi connectivity index (χ2n) is 6.48. The third-order valence-electron chi connectivity index (χ3n) is 5.03. The van der Waals surface area contributed by atoms with Gasteiger partial charge in [-0.3, -0.25) is 9.59 Å². The number of carbonyl (C=O) groups excluding carboxylic acids is 2. The Hall–Kier alpha value is -1.84. The Balaban J connectivity index is 1.49. The van der Waals surface area contributed by atoms with Crippen molar-refractivity contribution in [3.05, 3.63) is 35.4 Å². The molecule has 112 valence electrons. The van der Waals surface area contributed by atoms with E-state index in [9.17, 15) is 9.59 Å². The first-order valence-corrected chi connectivity index (χ1v) is 7.77. The summed E-state index contributed by atoms with van der Waals surface area (Å²) in [5.74, 6) is 1.92. The van der Waals surface area contributed by atoms with Gasteiger partial charge in [0.15, 0.2) is 0 Å². The third-order valence-corrected chi connectivity index (χ3v) is 5.03. The van der Waals surface area contributed by atoms with E-state index >= 15 is 0 Å². The van der Waals surface area contributed by atoms with Gasteiger partial charge in [0, 0.05) is 18.5 Å². The second-order valence-corrected chi connectivity index (χ2v) is 6.48. The zero-order valence-corrected chi connectivity index (χ0v) is 12.2. The van der Waals surface area contributed by atoms with E-state index < -0.39 is 5.91 Å². The van der Waals surface area contributed by atoms with E-state index in [4.69, 9.17) is 5.73 Å². The van der Waals surface area contributed by atoms with Crippen LogP contribution in [0.4, 0.5) is 0 Å². The Kier molecular flexibility index (Phi) is 3.95. The van der Waals surface area contributed by atoms with Crippen molar-refractivity contribution in [1.29, 1.82) is 0 Å². The zero-order chi connectivity index (χ0) is 14.8. The average Bonchev–Trinajstić information content (AvgIpc) is 3.08. The fourth-order valence-electron chi connectivity index (χ4n) is 3.97. The van der Waals surface area contributed by atoms with Crippen LogP contribution in [-0.2, 0) is 11.3 Å². The maximum atomic E-state index is 12.1. The lowest BCUT2D eigenvalue weighted by Crippen LogP contribution is -2.27. The van der Waals surface area contributed by atoms with Crippen LogP contribution in [0.2, 0.25) is 0 Å². The molecule has 0 spiro atoms. The molecule has 3 rings (SSSR count). The molecule has 2 fully saturated rings. The van der Waals surface area contributed by atoms with Gasteiger partial charge in [-0.25, -0.2) is 0 Å². The highest BCUT2D eigenvalue weighted by Crippen LogP contribution is 2.49. The van der Waals surface area contributed by atoms with Crippen LogP contribution in [0.25, 0.3) is 0 Å². The topological polar surface area (TPSA) is 72.2 Å². The Labute approximate surface area is 125 Å². The Morgan fingerprint density at radius 3 is 2.76 bits per heavy atom. The molecule has 0 radical (unpaired) electrons. The molecule has 0 aromatic heterocycles. The van der Waals surface area contributed by atoms with Crippen molar-refractivity contribution in [3.63, 3.8) is 0 Å². The van der Waals surface area contributed by atoms with Crippen LogP contribution in [0, 0.1) is 17.8 Å². The van der Waals surface area contributed by atoms with Crippen molar-refractivity contribution < 1.29 is 9.59 Å². The van der Waals surface area contributed by atoms with E-state index in [1.807, 2.05) is 6.07 Å². The van der Waals surface area contributed by atoms with Gasteiger partial charge in [-0.2, -0.15) is 0 Å². The van der Waals surface area contributed by atoms with Crippen LogP contribution in [-0.4, -0.2) is 11.8 Å². The van der Waals surface area contributed by atoms with Gasteiger partial charge in [0.05, 0.1) is 0 Å². The molecular formula is C17H22N2O2. The number of hydrogen-bond acceptors (Lipinski definition) is 2. The van der Waals surface area contributed by atoms with Crippen molar-refractivity contribution in [2.75, 3.05) is 0 Å². The SMILES string of the molecule is NC(=O)c1cccc(CNC(=O)CC2CC3CCC2C3)c1. The van der Waals surface area contributed by atoms with Gasteiger partial charge in [0.2, 0.25) is 11.8 Å². The predicted octanol–water partition coefficient (Wildman–Crippen LogP) is 2.23. The Bertz CT molecular complexity index is 555. The highest BCUT2D eigenvalue weighted by atomic mass is 16.1. The lowest BCUT2D eigenvalue weighted by Gasteiger charge is -2.20. The number of hydrogen-bond donors (Lipinski definition) is 2. The number of benzene rings is 1. The Morgan fingerprint density at radius 1 is 1.24 bits per heavy atom. The molecule has 0 heterocycles. The van der Waals surface area contributed by atoms with Crippen LogP contribution >= 0.6 is 0 Å². The van der Waals surface area contributed by atoms with E-state index in [1.54, 1.807) is 18.2 Å². The molecular weight excluding hydrogens is 264 g/mol. The summed E-state index contributed by atoms with van der Waals surface area (Å²) in [4.78, 5) is 23.2. The summed E-state index contributed by atoms with van der Waals surface area (Å²) in [5, 5.41) is 2.96. The van der Waals surface area contributed by atoms with Gasteiger partial charge in [0.25, 0.3) is 0 Å². The minimum Gasteiger partial charge on any atom is -0.366 e. The molecule has 2 aliphatic rings. The number of nitrogens with two attached hydrogens (primary N) is 1. The van der Waals surface area contributed by atoms with Gasteiger partial charge in [-0.1, -0.05) is 18.6 Å². The van der Waals surface area contributed by atoms with Crippen molar-refractivity contribution >= 4 is 11.8 Å². The number of rotatable bonds is 5. The molecule has 2 bridgehead atoms. The summed E-state index contributed by atoms with van der Waals surface area (Å²) >= 11 is 0. The summed E-state index contributed by atoms with van der Waals surface area (Å²) < 4.78 is 0. The second kappa shape index (κ2) is 5.88. The monoisotopic (exact) mass is 286 g/mol. The van der Waals surface area contributed by atoms with Crippen LogP contribution in [0.15, 0.2) is 24.3 Å². The quantitative estimate of drug-likeness (QED) is 0.871. The summed E-state index contributed by atoms with van der Waals surface area (Å²) in [5.41, 5.74) is 6.65. The van der Waals surface area contributed by atoms with Gasteiger partial charge in [-0.05, 0) is 54.7 Å². The van der Waals surface area contributed by atoms with Crippen molar-refractivity contribution in [2.24, 2.45) is 23.5 Å². The number of carbonyl (C=O) groups is 2. The summed E-state index contributed by atoms with van der Waals surface area (Å²) in [6.45, 7) is 0.459. The van der Waals surface area contributed by atoms with E-state index in [2.05, 4.69) is 5.32 Å². The number of fused-ring (bicyclic) bond motifs is 2. The maximum Gasteiger partial charge on any atom is 0.248 e. The van der Waals surface area contributed by atoms with Gasteiger partial charge in [0.1, 0.15) is 0 Å². The molecule has 2 amide bonds. The van der Waals surface area contributed by atoms with Crippen LogP contribution in [0.3, 0.4) is 0 Å². The minimum absolute atomic E-state index is 0.122. The molecule has 0 saturated heterocycles. The molecule has 0 aliphatic heterocycles.